The maximum Gasteiger partial charge on any atom is 0.244 e. The van der Waals surface area contributed by atoms with Gasteiger partial charge in [-0.2, -0.15) is 5.26 Å². The summed E-state index contributed by atoms with van der Waals surface area (Å²) in [5.74, 6) is -1.39. The van der Waals surface area contributed by atoms with Gasteiger partial charge in [-0.15, -0.1) is 0 Å². The number of nitrogens with one attached hydrogen (secondary N) is 1. The smallest absolute Gasteiger partial charge is 0.244 e. The van der Waals surface area contributed by atoms with Crippen LogP contribution in [0.2, 0.25) is 0 Å². The molecule has 0 bridgehead atoms. The Hall–Kier alpha value is -1.34. The first-order valence-electron chi connectivity index (χ1n) is 3.64. The molecule has 1 aliphatic rings. The molecular formula is C8H10N2O2. The molecule has 0 saturated carbocycles. The molecule has 12 heavy (non-hydrogen) atoms. The maximum absolute atomic E-state index is 11.1. The van der Waals surface area contributed by atoms with E-state index >= 15 is 0 Å². The van der Waals surface area contributed by atoms with Gasteiger partial charge < -0.3 is 10.4 Å². The van der Waals surface area contributed by atoms with E-state index in [0.717, 1.165) is 0 Å². The molecule has 0 radical (unpaired) electrons. The maximum atomic E-state index is 11.1. The lowest BCUT2D eigenvalue weighted by atomic mass is 9.92. The van der Waals surface area contributed by atoms with Crippen LogP contribution in [0, 0.1) is 17.2 Å². The van der Waals surface area contributed by atoms with Crippen molar-refractivity contribution in [1.82, 2.24) is 5.32 Å². The molecule has 4 nitrogen and oxygen atoms in total. The quantitative estimate of drug-likeness (QED) is 0.528. The van der Waals surface area contributed by atoms with Crippen molar-refractivity contribution in [2.24, 2.45) is 5.92 Å². The van der Waals surface area contributed by atoms with Crippen LogP contribution in [0.3, 0.4) is 0 Å². The second kappa shape index (κ2) is 2.95. The van der Waals surface area contributed by atoms with Crippen molar-refractivity contribution in [2.45, 2.75) is 20.0 Å². The monoisotopic (exact) mass is 166 g/mol. The zero-order valence-corrected chi connectivity index (χ0v) is 6.96. The summed E-state index contributed by atoms with van der Waals surface area (Å²) in [5.41, 5.74) is 1.29. The van der Waals surface area contributed by atoms with Gasteiger partial charge in [-0.3, -0.25) is 4.79 Å². The van der Waals surface area contributed by atoms with Gasteiger partial charge in [-0.05, 0) is 19.4 Å². The largest absolute Gasteiger partial charge is 0.387 e. The Morgan fingerprint density at radius 1 is 1.58 bits per heavy atom. The molecule has 0 aromatic carbocycles. The average molecular weight is 166 g/mol. The predicted octanol–water partition coefficient (Wildman–Crippen LogP) is -0.0892. The number of carbonyl (C=O) groups excluding carboxylic acids is 1. The third kappa shape index (κ3) is 1.19. The van der Waals surface area contributed by atoms with Crippen molar-refractivity contribution in [2.75, 3.05) is 0 Å². The van der Waals surface area contributed by atoms with Crippen molar-refractivity contribution < 1.29 is 9.90 Å². The lowest BCUT2D eigenvalue weighted by Gasteiger charge is -2.24. The summed E-state index contributed by atoms with van der Waals surface area (Å²) in [4.78, 5) is 11.1. The number of aliphatic hydroxyl groups excluding tert-OH is 1. The third-order valence-electron chi connectivity index (χ3n) is 2.08. The molecule has 1 amide bonds. The molecule has 1 heterocycles. The second-order valence-electron chi connectivity index (χ2n) is 2.85. The Labute approximate surface area is 70.5 Å². The minimum absolute atomic E-state index is 0.423. The number of amides is 1. The van der Waals surface area contributed by atoms with Crippen LogP contribution in [0.5, 0.6) is 0 Å². The minimum atomic E-state index is -0.964. The highest BCUT2D eigenvalue weighted by Gasteiger charge is 2.32. The van der Waals surface area contributed by atoms with Crippen LogP contribution in [-0.4, -0.2) is 17.1 Å². The summed E-state index contributed by atoms with van der Waals surface area (Å²) in [6.07, 6.45) is -0.955. The Morgan fingerprint density at radius 2 is 2.17 bits per heavy atom. The highest BCUT2D eigenvalue weighted by Crippen LogP contribution is 2.19. The number of hydrogen-bond donors (Lipinski definition) is 2. The van der Waals surface area contributed by atoms with E-state index in [1.54, 1.807) is 19.9 Å². The van der Waals surface area contributed by atoms with Crippen LogP contribution in [0.1, 0.15) is 13.8 Å². The number of hydrogen-bond acceptors (Lipinski definition) is 3. The van der Waals surface area contributed by atoms with Crippen LogP contribution in [0.25, 0.3) is 0 Å². The minimum Gasteiger partial charge on any atom is -0.387 e. The summed E-state index contributed by atoms with van der Waals surface area (Å²) < 4.78 is 0. The van der Waals surface area contributed by atoms with E-state index in [9.17, 15) is 9.90 Å². The van der Waals surface area contributed by atoms with Crippen molar-refractivity contribution in [3.05, 3.63) is 11.3 Å². The highest BCUT2D eigenvalue weighted by molar-refractivity contribution is 5.85. The van der Waals surface area contributed by atoms with Gasteiger partial charge in [0.25, 0.3) is 0 Å². The molecule has 4 heteroatoms. The summed E-state index contributed by atoms with van der Waals surface area (Å²) in [5, 5.41) is 20.5. The molecule has 0 spiro atoms. The predicted molar refractivity (Wildman–Crippen MR) is 41.6 cm³/mol. The Morgan fingerprint density at radius 3 is 2.67 bits per heavy atom. The average Bonchev–Trinajstić information content (AvgIpc) is 2.01. The number of nitriles is 1. The zero-order valence-electron chi connectivity index (χ0n) is 6.96. The van der Waals surface area contributed by atoms with E-state index < -0.39 is 17.9 Å². The van der Waals surface area contributed by atoms with Crippen molar-refractivity contribution in [3.8, 4) is 6.07 Å². The number of aliphatic hydroxyl groups is 1. The molecule has 0 aromatic heterocycles. The van der Waals surface area contributed by atoms with Gasteiger partial charge in [-0.1, -0.05) is 0 Å². The topological polar surface area (TPSA) is 73.1 Å². The van der Waals surface area contributed by atoms with E-state index in [4.69, 9.17) is 5.26 Å². The molecule has 0 saturated heterocycles. The summed E-state index contributed by atoms with van der Waals surface area (Å²) in [6, 6.07) is 1.76. The Bertz CT molecular complexity index is 288. The van der Waals surface area contributed by atoms with Crippen molar-refractivity contribution in [1.29, 1.82) is 5.26 Å². The number of nitrogens with zero attached hydrogens (tertiary/aromatic N) is 1. The fourth-order valence-corrected chi connectivity index (χ4v) is 1.11. The zero-order chi connectivity index (χ0) is 9.30. The van der Waals surface area contributed by atoms with E-state index in [-0.39, 0.29) is 0 Å². The molecule has 1 aliphatic heterocycles. The fraction of sp³-hybridized carbons (Fsp3) is 0.500. The standard InChI is InChI=1S/C8H10N2O2/c1-4-5(2)10-8(12)6(3-9)7(4)11/h6-7,11H,1-2H3,(H,10,12). The van der Waals surface area contributed by atoms with Gasteiger partial charge in [0.2, 0.25) is 5.91 Å². The second-order valence-corrected chi connectivity index (χ2v) is 2.85. The van der Waals surface area contributed by atoms with Gasteiger partial charge in [-0.25, -0.2) is 0 Å². The van der Waals surface area contributed by atoms with Crippen molar-refractivity contribution >= 4 is 5.91 Å². The first-order chi connectivity index (χ1) is 5.57. The summed E-state index contributed by atoms with van der Waals surface area (Å²) in [7, 11) is 0. The van der Waals surface area contributed by atoms with Gasteiger partial charge in [0.15, 0.2) is 5.92 Å². The normalized spacial score (nSPS) is 29.7. The highest BCUT2D eigenvalue weighted by atomic mass is 16.3. The van der Waals surface area contributed by atoms with Gasteiger partial charge in [0.1, 0.15) is 6.10 Å². The molecule has 2 N–H and O–H groups in total. The van der Waals surface area contributed by atoms with Gasteiger partial charge >= 0.3 is 0 Å². The molecule has 2 unspecified atom stereocenters. The van der Waals surface area contributed by atoms with E-state index in [1.807, 2.05) is 0 Å². The first kappa shape index (κ1) is 8.75. The molecule has 2 atom stereocenters. The fourth-order valence-electron chi connectivity index (χ4n) is 1.11. The molecule has 0 aliphatic carbocycles. The van der Waals surface area contributed by atoms with E-state index in [1.165, 1.54) is 0 Å². The molecule has 0 aromatic rings. The molecule has 64 valence electrons. The Balaban J connectivity index is 3.02. The lowest BCUT2D eigenvalue weighted by Crippen LogP contribution is -2.42. The Kier molecular flexibility index (Phi) is 2.15. The van der Waals surface area contributed by atoms with Crippen LogP contribution in [-0.2, 0) is 4.79 Å². The van der Waals surface area contributed by atoms with Crippen LogP contribution >= 0.6 is 0 Å². The first-order valence-corrected chi connectivity index (χ1v) is 3.64. The number of rotatable bonds is 0. The number of allylic oxidation sites excluding steroid dienone is 1. The van der Waals surface area contributed by atoms with Crippen molar-refractivity contribution in [3.63, 3.8) is 0 Å². The molecular weight excluding hydrogens is 156 g/mol. The third-order valence-corrected chi connectivity index (χ3v) is 2.08. The summed E-state index contributed by atoms with van der Waals surface area (Å²) in [6.45, 7) is 3.40. The van der Waals surface area contributed by atoms with Gasteiger partial charge in [0, 0.05) is 5.70 Å². The lowest BCUT2D eigenvalue weighted by molar-refractivity contribution is -0.125. The SMILES string of the molecule is CC1=C(C)C(O)C(C#N)C(=O)N1. The van der Waals surface area contributed by atoms with Crippen LogP contribution in [0.4, 0.5) is 0 Å². The molecule has 0 fully saturated rings. The van der Waals surface area contributed by atoms with Crippen LogP contribution < -0.4 is 5.32 Å². The van der Waals surface area contributed by atoms with Gasteiger partial charge in [0.05, 0.1) is 6.07 Å². The van der Waals surface area contributed by atoms with E-state index in [2.05, 4.69) is 5.32 Å². The summed E-state index contributed by atoms with van der Waals surface area (Å²) >= 11 is 0. The number of carbonyl (C=O) groups is 1. The molecule has 1 rings (SSSR count). The van der Waals surface area contributed by atoms with Crippen LogP contribution in [0.15, 0.2) is 11.3 Å². The van der Waals surface area contributed by atoms with E-state index in [0.29, 0.717) is 11.3 Å².